The first-order chi connectivity index (χ1) is 9.75. The van der Waals surface area contributed by atoms with Gasteiger partial charge in [-0.3, -0.25) is 9.69 Å². The highest BCUT2D eigenvalue weighted by atomic mass is 16.2. The van der Waals surface area contributed by atoms with E-state index in [1.54, 1.807) is 4.90 Å². The molecule has 1 heterocycles. The van der Waals surface area contributed by atoms with Gasteiger partial charge >= 0.3 is 0 Å². The van der Waals surface area contributed by atoms with Crippen LogP contribution in [0.2, 0.25) is 0 Å². The maximum atomic E-state index is 12.7. The predicted octanol–water partition coefficient (Wildman–Crippen LogP) is 4.44. The van der Waals surface area contributed by atoms with Crippen molar-refractivity contribution < 1.29 is 4.79 Å². The molecule has 4 rings (SSSR count). The van der Waals surface area contributed by atoms with E-state index in [0.29, 0.717) is 0 Å². The van der Waals surface area contributed by atoms with Crippen LogP contribution < -0.4 is 4.90 Å². The molecule has 20 heavy (non-hydrogen) atoms. The zero-order valence-electron chi connectivity index (χ0n) is 11.1. The molecule has 0 fully saturated rings. The van der Waals surface area contributed by atoms with Gasteiger partial charge in [-0.05, 0) is 36.6 Å². The van der Waals surface area contributed by atoms with Gasteiger partial charge in [0.25, 0.3) is 5.91 Å². The van der Waals surface area contributed by atoms with Gasteiger partial charge in [0.1, 0.15) is 0 Å². The van der Waals surface area contributed by atoms with Gasteiger partial charge in [0, 0.05) is 11.1 Å². The van der Waals surface area contributed by atoms with Gasteiger partial charge in [0.05, 0.1) is 11.3 Å². The van der Waals surface area contributed by atoms with Crippen molar-refractivity contribution in [2.45, 2.75) is 6.92 Å². The molecule has 0 N–H and O–H groups in total. The van der Waals surface area contributed by atoms with Gasteiger partial charge in [-0.15, -0.1) is 0 Å². The number of carbonyl (C=O) groups is 1. The summed E-state index contributed by atoms with van der Waals surface area (Å²) < 4.78 is 0. The van der Waals surface area contributed by atoms with Crippen molar-refractivity contribution in [1.29, 1.82) is 0 Å². The lowest BCUT2D eigenvalue weighted by Crippen LogP contribution is -2.20. The topological polar surface area (TPSA) is 20.3 Å². The van der Waals surface area contributed by atoms with Crippen LogP contribution in [0.1, 0.15) is 15.9 Å². The number of hydrogen-bond acceptors (Lipinski definition) is 1. The van der Waals surface area contributed by atoms with Crippen molar-refractivity contribution in [1.82, 2.24) is 0 Å². The smallest absolute Gasteiger partial charge is 0.263 e. The van der Waals surface area contributed by atoms with Crippen LogP contribution in [0.3, 0.4) is 0 Å². The predicted molar refractivity (Wildman–Crippen MR) is 81.6 cm³/mol. The number of amides is 1. The summed E-state index contributed by atoms with van der Waals surface area (Å²) in [5, 5.41) is 2.17. The monoisotopic (exact) mass is 259 g/mol. The molecule has 3 aromatic carbocycles. The third-order valence-corrected chi connectivity index (χ3v) is 3.85. The van der Waals surface area contributed by atoms with E-state index >= 15 is 0 Å². The summed E-state index contributed by atoms with van der Waals surface area (Å²) in [4.78, 5) is 14.5. The number of anilines is 2. The minimum atomic E-state index is 0.0562. The summed E-state index contributed by atoms with van der Waals surface area (Å²) in [6.07, 6.45) is 0. The molecule has 3 aromatic rings. The van der Waals surface area contributed by atoms with Crippen molar-refractivity contribution in [2.75, 3.05) is 4.90 Å². The number of benzene rings is 3. The Labute approximate surface area is 117 Å². The van der Waals surface area contributed by atoms with E-state index in [0.717, 1.165) is 27.7 Å². The molecule has 0 spiro atoms. The van der Waals surface area contributed by atoms with Gasteiger partial charge in [0.15, 0.2) is 0 Å². The molecule has 0 bridgehead atoms. The Hall–Kier alpha value is -2.61. The average molecular weight is 259 g/mol. The van der Waals surface area contributed by atoms with E-state index in [4.69, 9.17) is 0 Å². The molecule has 0 aromatic heterocycles. The van der Waals surface area contributed by atoms with Crippen LogP contribution in [0.4, 0.5) is 11.4 Å². The minimum Gasteiger partial charge on any atom is -0.276 e. The Bertz CT molecular complexity index is 828. The lowest BCUT2D eigenvalue weighted by Gasteiger charge is -2.17. The molecule has 96 valence electrons. The first kappa shape index (κ1) is 11.2. The molecule has 0 saturated heterocycles. The quantitative estimate of drug-likeness (QED) is 0.632. The third kappa shape index (κ3) is 1.42. The molecular weight excluding hydrogens is 246 g/mol. The summed E-state index contributed by atoms with van der Waals surface area (Å²) in [6.45, 7) is 2.05. The molecule has 1 aliphatic rings. The molecule has 0 atom stereocenters. The summed E-state index contributed by atoms with van der Waals surface area (Å²) in [5.41, 5.74) is 3.88. The van der Waals surface area contributed by atoms with E-state index in [1.807, 2.05) is 67.6 Å². The number of nitrogens with zero attached hydrogens (tertiary/aromatic N) is 1. The van der Waals surface area contributed by atoms with Crippen molar-refractivity contribution in [2.24, 2.45) is 0 Å². The lowest BCUT2D eigenvalue weighted by molar-refractivity contribution is 0.100. The summed E-state index contributed by atoms with van der Waals surface area (Å²) >= 11 is 0. The Morgan fingerprint density at radius 1 is 0.850 bits per heavy atom. The Morgan fingerprint density at radius 3 is 2.30 bits per heavy atom. The molecule has 2 nitrogen and oxygen atoms in total. The van der Waals surface area contributed by atoms with Gasteiger partial charge in [-0.1, -0.05) is 42.0 Å². The number of rotatable bonds is 1. The molecule has 1 amide bonds. The summed E-state index contributed by atoms with van der Waals surface area (Å²) in [7, 11) is 0. The highest BCUT2D eigenvalue weighted by Gasteiger charge is 2.30. The second-order valence-corrected chi connectivity index (χ2v) is 5.16. The van der Waals surface area contributed by atoms with Crippen LogP contribution in [-0.2, 0) is 0 Å². The second kappa shape index (κ2) is 3.94. The lowest BCUT2D eigenvalue weighted by atomic mass is 10.1. The molecule has 2 heteroatoms. The first-order valence-corrected chi connectivity index (χ1v) is 6.68. The van der Waals surface area contributed by atoms with Crippen LogP contribution in [0.25, 0.3) is 10.8 Å². The molecule has 0 radical (unpaired) electrons. The summed E-state index contributed by atoms with van der Waals surface area (Å²) in [6, 6.07) is 20.0. The fourth-order valence-corrected chi connectivity index (χ4v) is 2.87. The van der Waals surface area contributed by atoms with E-state index in [-0.39, 0.29) is 5.91 Å². The summed E-state index contributed by atoms with van der Waals surface area (Å²) in [5.74, 6) is 0.0562. The van der Waals surface area contributed by atoms with Crippen LogP contribution in [0, 0.1) is 6.92 Å². The van der Waals surface area contributed by atoms with E-state index in [2.05, 4.69) is 0 Å². The Kier molecular flexibility index (Phi) is 2.21. The van der Waals surface area contributed by atoms with Gasteiger partial charge in [-0.2, -0.15) is 0 Å². The fraction of sp³-hybridized carbons (Fsp3) is 0.0556. The molecular formula is C18H13NO. The van der Waals surface area contributed by atoms with Crippen LogP contribution in [0.5, 0.6) is 0 Å². The van der Waals surface area contributed by atoms with Crippen molar-refractivity contribution in [3.8, 4) is 0 Å². The fourth-order valence-electron chi connectivity index (χ4n) is 2.87. The standard InChI is InChI=1S/C18H13NO/c1-12-8-10-14(11-9-12)19-16-7-3-5-13-4-2-6-15(17(13)16)18(19)20/h2-11H,1H3. The zero-order chi connectivity index (χ0) is 13.7. The molecule has 0 saturated carbocycles. The largest absolute Gasteiger partial charge is 0.276 e. The highest BCUT2D eigenvalue weighted by Crippen LogP contribution is 2.41. The average Bonchev–Trinajstić information content (AvgIpc) is 2.76. The van der Waals surface area contributed by atoms with Crippen molar-refractivity contribution in [3.63, 3.8) is 0 Å². The maximum Gasteiger partial charge on any atom is 0.263 e. The van der Waals surface area contributed by atoms with E-state index < -0.39 is 0 Å². The number of carbonyl (C=O) groups excluding carboxylic acids is 1. The Morgan fingerprint density at radius 2 is 1.55 bits per heavy atom. The molecule has 0 aliphatic carbocycles. The second-order valence-electron chi connectivity index (χ2n) is 5.16. The van der Waals surface area contributed by atoms with Gasteiger partial charge in [0.2, 0.25) is 0 Å². The van der Waals surface area contributed by atoms with E-state index in [1.165, 1.54) is 5.56 Å². The van der Waals surface area contributed by atoms with Crippen LogP contribution in [-0.4, -0.2) is 5.91 Å². The molecule has 1 aliphatic heterocycles. The van der Waals surface area contributed by atoms with Crippen LogP contribution in [0.15, 0.2) is 60.7 Å². The van der Waals surface area contributed by atoms with Gasteiger partial charge in [-0.25, -0.2) is 0 Å². The van der Waals surface area contributed by atoms with Crippen molar-refractivity contribution >= 4 is 28.1 Å². The maximum absolute atomic E-state index is 12.7. The van der Waals surface area contributed by atoms with Crippen LogP contribution >= 0.6 is 0 Å². The first-order valence-electron chi connectivity index (χ1n) is 6.68. The number of hydrogen-bond donors (Lipinski definition) is 0. The Balaban J connectivity index is 1.99. The normalized spacial score (nSPS) is 13.2. The van der Waals surface area contributed by atoms with Gasteiger partial charge < -0.3 is 0 Å². The molecule has 0 unspecified atom stereocenters. The minimum absolute atomic E-state index is 0.0562. The highest BCUT2D eigenvalue weighted by molar-refractivity contribution is 6.27. The SMILES string of the molecule is Cc1ccc(N2C(=O)c3cccc4cccc2c34)cc1. The zero-order valence-corrected chi connectivity index (χ0v) is 11.1. The number of aryl methyl sites for hydroxylation is 1. The van der Waals surface area contributed by atoms with E-state index in [9.17, 15) is 4.79 Å². The third-order valence-electron chi connectivity index (χ3n) is 3.85. The van der Waals surface area contributed by atoms with Crippen molar-refractivity contribution in [3.05, 3.63) is 71.8 Å².